The van der Waals surface area contributed by atoms with Gasteiger partial charge in [0.15, 0.2) is 0 Å². The minimum absolute atomic E-state index is 0.806. The maximum Gasteiger partial charge on any atom is 0.203 e. The van der Waals surface area contributed by atoms with Crippen LogP contribution in [0, 0.1) is 13.8 Å². The van der Waals surface area contributed by atoms with Crippen molar-refractivity contribution in [1.82, 2.24) is 4.98 Å². The van der Waals surface area contributed by atoms with Gasteiger partial charge in [0, 0.05) is 10.9 Å². The zero-order valence-corrected chi connectivity index (χ0v) is 15.9. The van der Waals surface area contributed by atoms with Gasteiger partial charge in [-0.15, -0.1) is 11.3 Å². The van der Waals surface area contributed by atoms with Crippen LogP contribution in [0.2, 0.25) is 0 Å². The first-order valence-corrected chi connectivity index (χ1v) is 9.37. The second-order valence-corrected chi connectivity index (χ2v) is 7.07. The summed E-state index contributed by atoms with van der Waals surface area (Å²) in [6.45, 7) is 8.39. The Kier molecular flexibility index (Phi) is 5.29. The van der Waals surface area contributed by atoms with Crippen LogP contribution < -0.4 is 5.43 Å². The molecule has 1 heterocycles. The fourth-order valence-corrected chi connectivity index (χ4v) is 3.29. The molecule has 2 aromatic carbocycles. The smallest absolute Gasteiger partial charge is 0.203 e. The number of benzene rings is 2. The number of hydrogen-bond donors (Lipinski definition) is 1. The molecule has 0 atom stereocenters. The lowest BCUT2D eigenvalue weighted by Crippen LogP contribution is -1.99. The van der Waals surface area contributed by atoms with Crippen LogP contribution in [0.3, 0.4) is 0 Å². The van der Waals surface area contributed by atoms with E-state index in [9.17, 15) is 0 Å². The Labute approximate surface area is 153 Å². The zero-order chi connectivity index (χ0) is 17.8. The first-order valence-electron chi connectivity index (χ1n) is 8.49. The number of anilines is 1. The highest BCUT2D eigenvalue weighted by atomic mass is 32.1. The molecule has 3 nitrogen and oxygen atoms in total. The van der Waals surface area contributed by atoms with Crippen LogP contribution in [0.5, 0.6) is 0 Å². The number of hydrogen-bond acceptors (Lipinski definition) is 4. The first-order chi connectivity index (χ1) is 12.1. The number of nitrogens with one attached hydrogen (secondary N) is 1. The third-order valence-electron chi connectivity index (χ3n) is 4.27. The third-order valence-corrected chi connectivity index (χ3v) is 5.02. The lowest BCUT2D eigenvalue weighted by molar-refractivity contribution is 1.14. The topological polar surface area (TPSA) is 37.3 Å². The van der Waals surface area contributed by atoms with E-state index in [0.29, 0.717) is 0 Å². The summed E-state index contributed by atoms with van der Waals surface area (Å²) in [4.78, 5) is 4.68. The Balaban J connectivity index is 1.75. The summed E-state index contributed by atoms with van der Waals surface area (Å²) in [6.07, 6.45) is 1.05. The third kappa shape index (κ3) is 4.15. The number of thiazole rings is 1. The Bertz CT molecular complexity index is 892. The standard InChI is InChI=1S/C21H23N3S/c1-5-17-8-10-18(11-9-17)16(4)23-24-21-22-20(13-25-21)19-12-14(2)6-7-15(19)3/h6-13H,5H2,1-4H3,(H,22,24)/b23-16-. The lowest BCUT2D eigenvalue weighted by atomic mass is 10.0. The second-order valence-electron chi connectivity index (χ2n) is 6.22. The van der Waals surface area contributed by atoms with Crippen LogP contribution in [0.4, 0.5) is 5.13 Å². The van der Waals surface area contributed by atoms with Gasteiger partial charge < -0.3 is 0 Å². The molecule has 0 aliphatic rings. The van der Waals surface area contributed by atoms with Crippen molar-refractivity contribution in [3.63, 3.8) is 0 Å². The minimum atomic E-state index is 0.806. The summed E-state index contributed by atoms with van der Waals surface area (Å²) in [5, 5.41) is 7.36. The van der Waals surface area contributed by atoms with Crippen molar-refractivity contribution in [3.05, 3.63) is 70.1 Å². The quantitative estimate of drug-likeness (QED) is 0.465. The van der Waals surface area contributed by atoms with Crippen LogP contribution in [-0.4, -0.2) is 10.7 Å². The van der Waals surface area contributed by atoms with Gasteiger partial charge in [-0.25, -0.2) is 4.98 Å². The molecule has 0 aliphatic heterocycles. The molecular formula is C21H23N3S. The molecule has 0 radical (unpaired) electrons. The summed E-state index contributed by atoms with van der Waals surface area (Å²) in [6, 6.07) is 15.0. The van der Waals surface area contributed by atoms with Crippen LogP contribution in [0.15, 0.2) is 52.9 Å². The minimum Gasteiger partial charge on any atom is -0.252 e. The summed E-state index contributed by atoms with van der Waals surface area (Å²) < 4.78 is 0. The fraction of sp³-hybridized carbons (Fsp3) is 0.238. The number of aromatic nitrogens is 1. The molecule has 0 amide bonds. The molecule has 0 spiro atoms. The highest BCUT2D eigenvalue weighted by Gasteiger charge is 2.07. The number of rotatable bonds is 5. The van der Waals surface area contributed by atoms with Crippen molar-refractivity contribution in [2.45, 2.75) is 34.1 Å². The highest BCUT2D eigenvalue weighted by molar-refractivity contribution is 7.14. The summed E-state index contributed by atoms with van der Waals surface area (Å²) in [7, 11) is 0. The molecule has 25 heavy (non-hydrogen) atoms. The van der Waals surface area contributed by atoms with E-state index in [1.165, 1.54) is 22.3 Å². The van der Waals surface area contributed by atoms with Gasteiger partial charge in [-0.2, -0.15) is 5.10 Å². The maximum absolute atomic E-state index is 4.68. The van der Waals surface area contributed by atoms with Crippen LogP contribution in [-0.2, 0) is 6.42 Å². The maximum atomic E-state index is 4.68. The molecule has 1 N–H and O–H groups in total. The zero-order valence-electron chi connectivity index (χ0n) is 15.1. The molecule has 0 unspecified atom stereocenters. The Morgan fingerprint density at radius 2 is 1.88 bits per heavy atom. The SMILES string of the molecule is CCc1ccc(/C(C)=N\Nc2nc(-c3cc(C)ccc3C)cs2)cc1. The summed E-state index contributed by atoms with van der Waals surface area (Å²) >= 11 is 1.57. The van der Waals surface area contributed by atoms with E-state index in [2.05, 4.69) is 84.1 Å². The van der Waals surface area contributed by atoms with Gasteiger partial charge in [-0.3, -0.25) is 5.43 Å². The first kappa shape index (κ1) is 17.4. The average Bonchev–Trinajstić information content (AvgIpc) is 3.10. The van der Waals surface area contributed by atoms with E-state index >= 15 is 0 Å². The van der Waals surface area contributed by atoms with Crippen molar-refractivity contribution in [2.75, 3.05) is 5.43 Å². The van der Waals surface area contributed by atoms with E-state index in [4.69, 9.17) is 0 Å². The molecule has 0 saturated heterocycles. The van der Waals surface area contributed by atoms with Gasteiger partial charge in [0.1, 0.15) is 0 Å². The van der Waals surface area contributed by atoms with Gasteiger partial charge in [0.2, 0.25) is 5.13 Å². The molecule has 0 saturated carbocycles. The monoisotopic (exact) mass is 349 g/mol. The fourth-order valence-electron chi connectivity index (χ4n) is 2.64. The highest BCUT2D eigenvalue weighted by Crippen LogP contribution is 2.28. The van der Waals surface area contributed by atoms with E-state index in [0.717, 1.165) is 28.5 Å². The van der Waals surface area contributed by atoms with Crippen molar-refractivity contribution in [3.8, 4) is 11.3 Å². The molecule has 3 rings (SSSR count). The number of aryl methyl sites for hydroxylation is 3. The van der Waals surface area contributed by atoms with Crippen molar-refractivity contribution < 1.29 is 0 Å². The van der Waals surface area contributed by atoms with Crippen molar-refractivity contribution >= 4 is 22.2 Å². The van der Waals surface area contributed by atoms with Crippen LogP contribution >= 0.6 is 11.3 Å². The molecule has 0 aliphatic carbocycles. The Morgan fingerprint density at radius 1 is 1.12 bits per heavy atom. The number of nitrogens with zero attached hydrogens (tertiary/aromatic N) is 2. The predicted molar refractivity (Wildman–Crippen MR) is 109 cm³/mol. The molecule has 0 fully saturated rings. The van der Waals surface area contributed by atoms with Crippen molar-refractivity contribution in [1.29, 1.82) is 0 Å². The molecule has 128 valence electrons. The van der Waals surface area contributed by atoms with E-state index in [-0.39, 0.29) is 0 Å². The van der Waals surface area contributed by atoms with Gasteiger partial charge in [-0.1, -0.05) is 48.9 Å². The van der Waals surface area contributed by atoms with E-state index in [1.807, 2.05) is 6.92 Å². The second kappa shape index (κ2) is 7.62. The van der Waals surface area contributed by atoms with E-state index < -0.39 is 0 Å². The van der Waals surface area contributed by atoms with Gasteiger partial charge in [0.25, 0.3) is 0 Å². The summed E-state index contributed by atoms with van der Waals surface area (Å²) in [5.74, 6) is 0. The normalized spacial score (nSPS) is 11.6. The average molecular weight is 350 g/mol. The van der Waals surface area contributed by atoms with Crippen LogP contribution in [0.25, 0.3) is 11.3 Å². The Morgan fingerprint density at radius 3 is 2.60 bits per heavy atom. The largest absolute Gasteiger partial charge is 0.252 e. The number of hydrazone groups is 1. The van der Waals surface area contributed by atoms with Gasteiger partial charge in [0.05, 0.1) is 11.4 Å². The Hall–Kier alpha value is -2.46. The predicted octanol–water partition coefficient (Wildman–Crippen LogP) is 5.83. The molecule has 4 heteroatoms. The summed E-state index contributed by atoms with van der Waals surface area (Å²) in [5.41, 5.74) is 11.2. The van der Waals surface area contributed by atoms with E-state index in [1.54, 1.807) is 11.3 Å². The molecular weight excluding hydrogens is 326 g/mol. The lowest BCUT2D eigenvalue weighted by Gasteiger charge is -2.04. The molecule has 1 aromatic heterocycles. The van der Waals surface area contributed by atoms with Crippen LogP contribution in [0.1, 0.15) is 36.1 Å². The van der Waals surface area contributed by atoms with Crippen molar-refractivity contribution in [2.24, 2.45) is 5.10 Å². The van der Waals surface area contributed by atoms with Gasteiger partial charge >= 0.3 is 0 Å². The van der Waals surface area contributed by atoms with Gasteiger partial charge in [-0.05, 0) is 49.9 Å². The molecule has 0 bridgehead atoms. The molecule has 3 aromatic rings.